The summed E-state index contributed by atoms with van der Waals surface area (Å²) in [6, 6.07) is 43.2. The van der Waals surface area contributed by atoms with Crippen molar-refractivity contribution in [2.24, 2.45) is 110 Å². The van der Waals surface area contributed by atoms with Crippen molar-refractivity contribution < 1.29 is 28.4 Å². The largest absolute Gasteiger partial charge is 0.356 e. The van der Waals surface area contributed by atoms with Gasteiger partial charge in [0.1, 0.15) is 6.67 Å². The molecule has 5 aromatic rings. The molecular weight excluding hydrogens is 1580 g/mol. The number of ketones is 2. The molecule has 0 radical (unpaired) electrons. The van der Waals surface area contributed by atoms with Crippen LogP contribution in [0.3, 0.4) is 0 Å². The van der Waals surface area contributed by atoms with Gasteiger partial charge in [-0.3, -0.25) is 33.8 Å². The summed E-state index contributed by atoms with van der Waals surface area (Å²) < 4.78 is 13.3. The van der Waals surface area contributed by atoms with Crippen LogP contribution in [0.4, 0.5) is 4.39 Å². The van der Waals surface area contributed by atoms with Crippen molar-refractivity contribution in [3.8, 4) is 0 Å². The topological polar surface area (TPSA) is 131 Å². The lowest BCUT2D eigenvalue weighted by Crippen LogP contribution is -2.58. The predicted octanol–water partition coefficient (Wildman–Crippen LogP) is 24.4. The molecule has 3 amide bonds. The van der Waals surface area contributed by atoms with E-state index < -0.39 is 0 Å². The number of carbonyl (C=O) groups is 5. The molecule has 12 heteroatoms. The van der Waals surface area contributed by atoms with Gasteiger partial charge in [0.2, 0.25) is 17.7 Å². The molecule has 0 heterocycles. The molecule has 3 N–H and O–H groups in total. The van der Waals surface area contributed by atoms with E-state index in [2.05, 4.69) is 154 Å². The van der Waals surface area contributed by atoms with Gasteiger partial charge in [-0.25, -0.2) is 4.39 Å². The van der Waals surface area contributed by atoms with Crippen molar-refractivity contribution in [2.45, 2.75) is 277 Å². The molecule has 688 valence electrons. The van der Waals surface area contributed by atoms with Crippen molar-refractivity contribution in [1.29, 1.82) is 0 Å². The normalized spacial score (nSPS) is 32.8. The third-order valence-electron chi connectivity index (χ3n) is 35.0. The summed E-state index contributed by atoms with van der Waals surface area (Å²) in [5, 5.41) is 7.79. The van der Waals surface area contributed by atoms with Crippen LogP contribution in [0.1, 0.15) is 294 Å². The zero-order valence-electron chi connectivity index (χ0n) is 79.4. The van der Waals surface area contributed by atoms with Gasteiger partial charge in [-0.05, 0) is 435 Å². The average Bonchev–Trinajstić information content (AvgIpc) is 0.765. The van der Waals surface area contributed by atoms with Crippen LogP contribution in [-0.2, 0) is 56.4 Å². The Kier molecular flexibility index (Phi) is 31.1. The number of rotatable bonds is 32. The summed E-state index contributed by atoms with van der Waals surface area (Å²) in [4.78, 5) is 64.2. The first-order chi connectivity index (χ1) is 61.9. The first-order valence-corrected chi connectivity index (χ1v) is 51.2. The van der Waals surface area contributed by atoms with Crippen molar-refractivity contribution in [3.63, 3.8) is 0 Å². The number of likely N-dealkylation sites (N-methyl/N-ethyl adjacent to an activating group) is 3. The van der Waals surface area contributed by atoms with Crippen LogP contribution in [0, 0.1) is 110 Å². The van der Waals surface area contributed by atoms with E-state index in [0.29, 0.717) is 46.6 Å². The Morgan fingerprint density at radius 2 is 0.594 bits per heavy atom. The number of aryl methyl sites for hydroxylation is 2. The zero-order chi connectivity index (χ0) is 89.0. The molecule has 5 aromatic carbocycles. The van der Waals surface area contributed by atoms with E-state index in [9.17, 15) is 28.4 Å². The van der Waals surface area contributed by atoms with Gasteiger partial charge in [0.15, 0.2) is 11.6 Å². The zero-order valence-corrected chi connectivity index (χ0v) is 79.4. The fourth-order valence-corrected chi connectivity index (χ4v) is 31.4. The average molecular weight is 1730 g/mol. The standard InChI is InChI=1S/C24H33FN2O.C23H32N2O.2C23H31NO.C23H30O/c1-26-23(28)7-6-18-2-4-19(5-3-18)16-27(9-8-25)17-24-13-20-10-21(14-24)12-22(11-20)15-24;1-24-22(26)8-7-17-3-5-18(6-4-17)15-25(2)16-23-12-19-9-20(13-23)11-21(10-19)14-23;1-24-22(25)9-8-18-6-4-17(5-7-18)3-2-10-23-14-19-11-20(15-23)13-21(12-19)16-23;1-3-22(25)9-8-17-4-6-18(7-5-17)16-24(2)23-13-19-10-20(14-23)12-21(11-19)15-23;1-2-22(24)8-7-17-3-5-18(6-4-17)9-10-23-14-19-11-20(15-23)13-21(12-19)16-23/h2-7,20-22H,8-17H2,1H3,(H,26,28);3-8,19-21H,9-16H2,1-2H3,(H,24,26);4-9,19-21H,2-3,10-16H2,1H3,(H,24,25);4-9,19-21H,3,10-16H2,1-2H3;3-8,19-21H,2,9-16H2,1H3/b7-6+;8-7+;2*9-8+;8-7+. The van der Waals surface area contributed by atoms with Crippen LogP contribution < -0.4 is 16.0 Å². The number of hydrogen-bond donors (Lipinski definition) is 3. The predicted molar refractivity (Wildman–Crippen MR) is 524 cm³/mol. The molecule has 0 atom stereocenters. The van der Waals surface area contributed by atoms with Crippen LogP contribution in [0.5, 0.6) is 0 Å². The molecule has 25 rings (SSSR count). The van der Waals surface area contributed by atoms with Crippen molar-refractivity contribution in [3.05, 3.63) is 207 Å². The highest BCUT2D eigenvalue weighted by molar-refractivity contribution is 5.94. The molecular formula is C116H157FN6O5. The molecule has 20 saturated carbocycles. The Bertz CT molecular complexity index is 4510. The minimum Gasteiger partial charge on any atom is -0.356 e. The summed E-state index contributed by atoms with van der Waals surface area (Å²) in [7, 11) is 9.56. The molecule has 20 fully saturated rings. The van der Waals surface area contributed by atoms with Gasteiger partial charge in [0.05, 0.1) is 0 Å². The molecule has 0 unspecified atom stereocenters. The first-order valence-electron chi connectivity index (χ1n) is 51.2. The second-order valence-corrected chi connectivity index (χ2v) is 45.5. The van der Waals surface area contributed by atoms with Crippen molar-refractivity contribution >= 4 is 59.7 Å². The molecule has 0 aromatic heterocycles. The number of nitrogens with one attached hydrogen (secondary N) is 3. The van der Waals surface area contributed by atoms with E-state index in [1.807, 2.05) is 56.4 Å². The van der Waals surface area contributed by atoms with Crippen molar-refractivity contribution in [1.82, 2.24) is 30.7 Å². The SMILES string of the molecule is CCC(=O)/C=C/c1ccc(CCC23CC4CC(CC(C4)C2)C3)cc1.CCC(=O)/C=C/c1ccc(CN(C)C23CC4CC(CC(C4)C2)C3)cc1.CNC(=O)/C=C/c1ccc(CCCC23CC4CC(CC(C4)C2)C3)cc1.CNC(=O)/C=C/c1ccc(CN(C)CC23CC4CC(CC(C4)C2)C3)cc1.CNC(=O)/C=C/c1ccc(CN(CCF)CC23CC4CC(CC(C4)C2)C3)cc1. The Balaban J connectivity index is 0.000000118. The van der Waals surface area contributed by atoms with E-state index >= 15 is 0 Å². The van der Waals surface area contributed by atoms with Crippen LogP contribution in [0.25, 0.3) is 30.4 Å². The van der Waals surface area contributed by atoms with Gasteiger partial charge in [0.25, 0.3) is 0 Å². The molecule has 0 saturated heterocycles. The molecule has 11 nitrogen and oxygen atoms in total. The monoisotopic (exact) mass is 1730 g/mol. The van der Waals surface area contributed by atoms with E-state index in [1.165, 1.54) is 246 Å². The maximum atomic E-state index is 13.3. The quantitative estimate of drug-likeness (QED) is 0.0363. The Morgan fingerprint density at radius 1 is 0.328 bits per heavy atom. The number of hydrogen-bond acceptors (Lipinski definition) is 8. The maximum Gasteiger partial charge on any atom is 0.243 e. The highest BCUT2D eigenvalue weighted by Gasteiger charge is 2.56. The van der Waals surface area contributed by atoms with E-state index in [1.54, 1.807) is 64.7 Å². The lowest BCUT2D eigenvalue weighted by Gasteiger charge is -2.60. The van der Waals surface area contributed by atoms with Gasteiger partial charge in [0, 0.05) is 97.0 Å². The number of carbonyl (C=O) groups excluding carboxylic acids is 5. The van der Waals surface area contributed by atoms with E-state index in [-0.39, 0.29) is 36.0 Å². The second kappa shape index (κ2) is 42.5. The number of alkyl halides is 1. The molecule has 20 bridgehead atoms. The third kappa shape index (κ3) is 24.8. The van der Waals surface area contributed by atoms with Crippen molar-refractivity contribution in [2.75, 3.05) is 61.5 Å². The van der Waals surface area contributed by atoms with Crippen LogP contribution in [0.2, 0.25) is 0 Å². The Morgan fingerprint density at radius 3 is 0.906 bits per heavy atom. The number of amides is 3. The van der Waals surface area contributed by atoms with Gasteiger partial charge in [-0.15, -0.1) is 0 Å². The van der Waals surface area contributed by atoms with E-state index in [4.69, 9.17) is 0 Å². The number of halogens is 1. The minimum absolute atomic E-state index is 0.0559. The fourth-order valence-electron chi connectivity index (χ4n) is 31.4. The Hall–Kier alpha value is -7.64. The van der Waals surface area contributed by atoms with Crippen LogP contribution >= 0.6 is 0 Å². The molecule has 0 spiro atoms. The lowest BCUT2D eigenvalue weighted by atomic mass is 9.48. The summed E-state index contributed by atoms with van der Waals surface area (Å²) in [6.07, 6.45) is 69.9. The number of nitrogens with zero attached hydrogens (tertiary/aromatic N) is 3. The van der Waals surface area contributed by atoms with Crippen LogP contribution in [0.15, 0.2) is 152 Å². The number of allylic oxidation sites excluding steroid dienone is 2. The second-order valence-electron chi connectivity index (χ2n) is 45.5. The minimum atomic E-state index is -0.278. The number of benzene rings is 5. The summed E-state index contributed by atoms with van der Waals surface area (Å²) in [5.74, 6) is 15.4. The lowest BCUT2D eigenvalue weighted by molar-refractivity contribution is -0.116. The Labute approximate surface area is 769 Å². The van der Waals surface area contributed by atoms with E-state index in [0.717, 1.165) is 143 Å². The third-order valence-corrected chi connectivity index (χ3v) is 35.0. The first kappa shape index (κ1) is 93.6. The molecule has 20 aliphatic rings. The fraction of sp³-hybridized carbons (Fsp3) is 0.612. The van der Waals surface area contributed by atoms with Gasteiger partial charge in [-0.1, -0.05) is 147 Å². The smallest absolute Gasteiger partial charge is 0.243 e. The molecule has 128 heavy (non-hydrogen) atoms. The summed E-state index contributed by atoms with van der Waals surface area (Å²) >= 11 is 0. The van der Waals surface area contributed by atoms with Gasteiger partial charge in [-0.2, -0.15) is 0 Å². The summed E-state index contributed by atoms with van der Waals surface area (Å²) in [5.41, 5.74) is 15.2. The summed E-state index contributed by atoms with van der Waals surface area (Å²) in [6.45, 7) is 9.24. The van der Waals surface area contributed by atoms with Gasteiger partial charge < -0.3 is 20.9 Å². The molecule has 20 aliphatic carbocycles. The maximum absolute atomic E-state index is 13.3. The highest BCUT2D eigenvalue weighted by Crippen LogP contribution is 2.65. The molecule has 0 aliphatic heterocycles. The highest BCUT2D eigenvalue weighted by atomic mass is 19.1. The van der Waals surface area contributed by atoms with Crippen LogP contribution in [-0.4, -0.2) is 111 Å². The van der Waals surface area contributed by atoms with Gasteiger partial charge >= 0.3 is 0 Å².